The molecule has 40 heavy (non-hydrogen) atoms. The van der Waals surface area contributed by atoms with Gasteiger partial charge in [-0.2, -0.15) is 4.72 Å². The third kappa shape index (κ3) is 7.17. The molecule has 0 bridgehead atoms. The van der Waals surface area contributed by atoms with E-state index < -0.39 is 16.1 Å². The lowest BCUT2D eigenvalue weighted by atomic mass is 10.0. The smallest absolute Gasteiger partial charge is 0.243 e. The van der Waals surface area contributed by atoms with E-state index in [1.807, 2.05) is 24.4 Å². The minimum atomic E-state index is -4.20. The fourth-order valence-electron chi connectivity index (χ4n) is 4.88. The summed E-state index contributed by atoms with van der Waals surface area (Å²) in [7, 11) is -2.54. The van der Waals surface area contributed by atoms with Gasteiger partial charge in [0.15, 0.2) is 0 Å². The maximum atomic E-state index is 13.9. The van der Waals surface area contributed by atoms with Crippen LogP contribution in [0.5, 0.6) is 0 Å². The third-order valence-corrected chi connectivity index (χ3v) is 9.63. The van der Waals surface area contributed by atoms with Crippen LogP contribution in [0.2, 0.25) is 0 Å². The van der Waals surface area contributed by atoms with Crippen molar-refractivity contribution in [2.24, 2.45) is 0 Å². The van der Waals surface area contributed by atoms with Gasteiger partial charge in [-0.1, -0.05) is 25.1 Å². The van der Waals surface area contributed by atoms with E-state index in [-0.39, 0.29) is 34.9 Å². The highest BCUT2D eigenvalue weighted by Crippen LogP contribution is 2.36. The molecule has 1 fully saturated rings. The quantitative estimate of drug-likeness (QED) is 0.292. The predicted molar refractivity (Wildman–Crippen MR) is 156 cm³/mol. The Balaban J connectivity index is 1.63. The summed E-state index contributed by atoms with van der Waals surface area (Å²) in [6.07, 6.45) is 4.78. The second-order valence-electron chi connectivity index (χ2n) is 9.86. The number of nitrogens with one attached hydrogen (secondary N) is 3. The normalized spacial score (nSPS) is 15.2. The molecule has 0 aliphatic carbocycles. The first-order valence-electron chi connectivity index (χ1n) is 13.5. The van der Waals surface area contributed by atoms with Gasteiger partial charge in [0.2, 0.25) is 21.8 Å². The Hall–Kier alpha value is -3.06. The van der Waals surface area contributed by atoms with Crippen LogP contribution >= 0.6 is 11.3 Å². The zero-order valence-corrected chi connectivity index (χ0v) is 24.7. The molecule has 2 aromatic heterocycles. The maximum absolute atomic E-state index is 13.9. The molecule has 12 heteroatoms. The molecule has 0 saturated carbocycles. The predicted octanol–water partition coefficient (Wildman–Crippen LogP) is 4.10. The number of methoxy groups -OCH3 is 1. The van der Waals surface area contributed by atoms with Crippen LogP contribution in [0.4, 0.5) is 5.69 Å². The van der Waals surface area contributed by atoms with Crippen molar-refractivity contribution >= 4 is 38.9 Å². The lowest BCUT2D eigenvalue weighted by Crippen LogP contribution is -2.51. The molecule has 2 amide bonds. The maximum Gasteiger partial charge on any atom is 0.243 e. The Morgan fingerprint density at radius 1 is 1.23 bits per heavy atom. The number of aryl methyl sites for hydroxylation is 2. The van der Waals surface area contributed by atoms with Crippen molar-refractivity contribution in [3.8, 4) is 10.4 Å². The average Bonchev–Trinajstić information content (AvgIpc) is 3.64. The van der Waals surface area contributed by atoms with Gasteiger partial charge >= 0.3 is 0 Å². The summed E-state index contributed by atoms with van der Waals surface area (Å²) in [5, 5.41) is 4.69. The minimum Gasteiger partial charge on any atom is -0.381 e. The fourth-order valence-corrected chi connectivity index (χ4v) is 7.04. The first kappa shape index (κ1) is 29.9. The number of rotatable bonds is 12. The number of nitrogens with zero attached hydrogens (tertiary/aromatic N) is 2. The van der Waals surface area contributed by atoms with Gasteiger partial charge in [0.05, 0.1) is 23.8 Å². The molecule has 3 heterocycles. The van der Waals surface area contributed by atoms with Crippen molar-refractivity contribution in [1.29, 1.82) is 0 Å². The van der Waals surface area contributed by atoms with E-state index in [1.54, 1.807) is 37.4 Å². The molecule has 1 aliphatic rings. The summed E-state index contributed by atoms with van der Waals surface area (Å²) >= 11 is 1.45. The summed E-state index contributed by atoms with van der Waals surface area (Å²) in [5.74, 6) is -0.561. The highest BCUT2D eigenvalue weighted by molar-refractivity contribution is 7.89. The van der Waals surface area contributed by atoms with Crippen LogP contribution in [0.15, 0.2) is 46.9 Å². The number of hydrogen-bond donors (Lipinski definition) is 3. The molecule has 10 nitrogen and oxygen atoms in total. The molecule has 1 aromatic carbocycles. The number of imidazole rings is 1. The largest absolute Gasteiger partial charge is 0.381 e. The number of ether oxygens (including phenoxy) is 1. The van der Waals surface area contributed by atoms with Gasteiger partial charge in [-0.05, 0) is 56.5 Å². The number of carbonyl (C=O) groups excluding carboxylic acids is 2. The second kappa shape index (κ2) is 13.5. The second-order valence-corrected chi connectivity index (χ2v) is 12.5. The number of benzene rings is 1. The van der Waals surface area contributed by atoms with E-state index in [0.29, 0.717) is 50.8 Å². The first-order chi connectivity index (χ1) is 19.2. The van der Waals surface area contributed by atoms with Crippen LogP contribution in [0, 0.1) is 6.92 Å². The van der Waals surface area contributed by atoms with Gasteiger partial charge < -0.3 is 19.9 Å². The highest BCUT2D eigenvalue weighted by atomic mass is 32.2. The van der Waals surface area contributed by atoms with Gasteiger partial charge in [-0.3, -0.25) is 9.59 Å². The lowest BCUT2D eigenvalue weighted by molar-refractivity contribution is -0.135. The zero-order chi connectivity index (χ0) is 28.7. The van der Waals surface area contributed by atoms with Crippen LogP contribution in [0.1, 0.15) is 50.4 Å². The summed E-state index contributed by atoms with van der Waals surface area (Å²) in [5.41, 5.74) is 2.66. The SMILES string of the molecule is CCC(=O)Nc1c(-c2cccs2)cccc1S(=O)(=O)N[C@@H](CCCc1nc[nH]c1C)C(=O)N1CCC(OC)CC1. The summed E-state index contributed by atoms with van der Waals surface area (Å²) in [6, 6.07) is 7.67. The molecule has 1 atom stereocenters. The lowest BCUT2D eigenvalue weighted by Gasteiger charge is -2.34. The summed E-state index contributed by atoms with van der Waals surface area (Å²) in [4.78, 5) is 36.0. The molecule has 4 rings (SSSR count). The van der Waals surface area contributed by atoms with Gasteiger partial charge in [0.1, 0.15) is 10.9 Å². The third-order valence-electron chi connectivity index (χ3n) is 7.21. The minimum absolute atomic E-state index is 0.0702. The van der Waals surface area contributed by atoms with Crippen LogP contribution < -0.4 is 10.0 Å². The Morgan fingerprint density at radius 3 is 2.62 bits per heavy atom. The molecule has 0 spiro atoms. The molecule has 216 valence electrons. The van der Waals surface area contributed by atoms with Gasteiger partial charge in [-0.15, -0.1) is 11.3 Å². The molecule has 1 aliphatic heterocycles. The number of amides is 2. The number of H-pyrrole nitrogens is 1. The van der Waals surface area contributed by atoms with E-state index in [2.05, 4.69) is 20.0 Å². The molecule has 0 unspecified atom stereocenters. The Bertz CT molecular complexity index is 1400. The summed E-state index contributed by atoms with van der Waals surface area (Å²) in [6.45, 7) is 4.64. The Kier molecular flexibility index (Phi) is 10.1. The van der Waals surface area contributed by atoms with Crippen LogP contribution in [0.3, 0.4) is 0 Å². The number of piperidine rings is 1. The van der Waals surface area contributed by atoms with Gasteiger partial charge in [0.25, 0.3) is 0 Å². The Labute approximate surface area is 239 Å². The average molecular weight is 588 g/mol. The van der Waals surface area contributed by atoms with Gasteiger partial charge in [0, 0.05) is 42.8 Å². The standard InChI is InChI=1S/C28H37N5O5S2/c1-4-26(34)31-27-21(24-11-7-17-39-24)8-5-12-25(27)40(36,37)32-23(10-6-9-22-19(2)29-18-30-22)28(35)33-15-13-20(38-3)14-16-33/h5,7-8,11-12,17-18,20,23,32H,4,6,9-10,13-16H2,1-3H3,(H,29,30)(H,31,34)/t23-/m0/s1. The number of thiophene rings is 1. The van der Waals surface area contributed by atoms with Gasteiger partial charge in [-0.25, -0.2) is 13.4 Å². The van der Waals surface area contributed by atoms with Crippen molar-refractivity contribution in [2.75, 3.05) is 25.5 Å². The number of aromatic nitrogens is 2. The van der Waals surface area contributed by atoms with Crippen LogP contribution in [0.25, 0.3) is 10.4 Å². The number of anilines is 1. The van der Waals surface area contributed by atoms with E-state index >= 15 is 0 Å². The Morgan fingerprint density at radius 2 is 2.00 bits per heavy atom. The van der Waals surface area contributed by atoms with Crippen LogP contribution in [-0.2, 0) is 30.8 Å². The monoisotopic (exact) mass is 587 g/mol. The molecule has 0 radical (unpaired) electrons. The van der Waals surface area contributed by atoms with Crippen molar-refractivity contribution in [1.82, 2.24) is 19.6 Å². The molecule has 3 aromatic rings. The first-order valence-corrected chi connectivity index (χ1v) is 15.9. The molecule has 1 saturated heterocycles. The molecular formula is C28H37N5O5S2. The number of sulfonamides is 1. The topological polar surface area (TPSA) is 133 Å². The number of hydrogen-bond acceptors (Lipinski definition) is 7. The number of para-hydroxylation sites is 1. The molecular weight excluding hydrogens is 550 g/mol. The van der Waals surface area contributed by atoms with Crippen LogP contribution in [-0.4, -0.2) is 67.4 Å². The van der Waals surface area contributed by atoms with Crippen molar-refractivity contribution < 1.29 is 22.7 Å². The number of likely N-dealkylation sites (tertiary alicyclic amines) is 1. The van der Waals surface area contributed by atoms with Crippen molar-refractivity contribution in [3.05, 3.63) is 53.4 Å². The van der Waals surface area contributed by atoms with Crippen molar-refractivity contribution in [2.45, 2.75) is 69.4 Å². The fraction of sp³-hybridized carbons (Fsp3) is 0.464. The molecule has 3 N–H and O–H groups in total. The van der Waals surface area contributed by atoms with E-state index in [0.717, 1.165) is 16.3 Å². The number of carbonyl (C=O) groups is 2. The highest BCUT2D eigenvalue weighted by Gasteiger charge is 2.33. The number of aromatic amines is 1. The van der Waals surface area contributed by atoms with Crippen molar-refractivity contribution in [3.63, 3.8) is 0 Å². The summed E-state index contributed by atoms with van der Waals surface area (Å²) < 4.78 is 36.0. The van der Waals surface area contributed by atoms with E-state index in [9.17, 15) is 18.0 Å². The van der Waals surface area contributed by atoms with E-state index in [4.69, 9.17) is 4.74 Å². The zero-order valence-electron chi connectivity index (χ0n) is 23.1. The van der Waals surface area contributed by atoms with E-state index in [1.165, 1.54) is 17.4 Å².